The lowest BCUT2D eigenvalue weighted by Gasteiger charge is -1.98. The highest BCUT2D eigenvalue weighted by atomic mass is 32.2. The number of thioether (sulfide) groups is 1. The van der Waals surface area contributed by atoms with Gasteiger partial charge >= 0.3 is 0 Å². The molecule has 1 aromatic rings. The summed E-state index contributed by atoms with van der Waals surface area (Å²) in [5.74, 6) is 1.08. The molecule has 1 nitrogen and oxygen atoms in total. The number of rotatable bonds is 3. The summed E-state index contributed by atoms with van der Waals surface area (Å²) in [7, 11) is 0. The van der Waals surface area contributed by atoms with Gasteiger partial charge in [-0.3, -0.25) is 0 Å². The third-order valence-electron chi connectivity index (χ3n) is 1.40. The van der Waals surface area contributed by atoms with Crippen LogP contribution in [0.25, 0.3) is 0 Å². The largest absolute Gasteiger partial charge is 0.232 e. The maximum absolute atomic E-state index is 10.4. The van der Waals surface area contributed by atoms with Crippen LogP contribution in [0.1, 0.15) is 12.5 Å². The zero-order valence-electron chi connectivity index (χ0n) is 6.54. The predicted molar refractivity (Wildman–Crippen MR) is 47.2 cm³/mol. The van der Waals surface area contributed by atoms with Crippen molar-refractivity contribution in [2.24, 2.45) is 0 Å². The van der Waals surface area contributed by atoms with Crippen LogP contribution in [0.15, 0.2) is 29.2 Å². The van der Waals surface area contributed by atoms with Crippen molar-refractivity contribution in [2.75, 3.05) is 5.75 Å². The summed E-state index contributed by atoms with van der Waals surface area (Å²) in [6.07, 6.45) is 0. The smallest absolute Gasteiger partial charge is 0.107 e. The molecule has 0 aliphatic carbocycles. The fraction of sp³-hybridized carbons (Fsp3) is 0.333. The van der Waals surface area contributed by atoms with Crippen LogP contribution in [0.3, 0.4) is 0 Å². The van der Waals surface area contributed by atoms with Crippen LogP contribution in [-0.4, -0.2) is 5.75 Å². The zero-order valence-corrected chi connectivity index (χ0v) is 7.36. The van der Waals surface area contributed by atoms with Gasteiger partial charge in [-0.2, -0.15) is 0 Å². The minimum absolute atomic E-state index is 0.114. The Morgan fingerprint density at radius 3 is 2.36 bits per heavy atom. The van der Waals surface area contributed by atoms with Crippen molar-refractivity contribution in [3.05, 3.63) is 29.8 Å². The van der Waals surface area contributed by atoms with E-state index in [2.05, 4.69) is 6.92 Å². The van der Waals surface area contributed by atoms with E-state index in [0.29, 0.717) is 0 Å². The van der Waals surface area contributed by atoms with E-state index in [1.165, 1.54) is 4.90 Å². The Morgan fingerprint density at radius 1 is 1.27 bits per heavy atom. The van der Waals surface area contributed by atoms with Crippen LogP contribution in [0.2, 0.25) is 0 Å². The summed E-state index contributed by atoms with van der Waals surface area (Å²) in [6.45, 7) is 2.00. The Hall–Kier alpha value is -0.470. The molecule has 0 spiro atoms. The lowest BCUT2D eigenvalue weighted by molar-refractivity contribution is 0.177. The van der Waals surface area contributed by atoms with Crippen molar-refractivity contribution in [1.29, 1.82) is 0 Å². The average Bonchev–Trinajstić information content (AvgIpc) is 2.07. The molecule has 11 heavy (non-hydrogen) atoms. The standard InChI is InChI=1S/C9H11OS/c1-2-11-9-5-3-8(7-10)4-6-9/h3-6H,2,7H2,1H3. The van der Waals surface area contributed by atoms with Gasteiger partial charge in [0, 0.05) is 4.90 Å². The monoisotopic (exact) mass is 167 g/mol. The maximum atomic E-state index is 10.4. The van der Waals surface area contributed by atoms with Crippen molar-refractivity contribution in [3.8, 4) is 0 Å². The molecule has 0 atom stereocenters. The van der Waals surface area contributed by atoms with Crippen molar-refractivity contribution >= 4 is 11.8 Å². The second-order valence-electron chi connectivity index (χ2n) is 2.22. The first-order valence-corrected chi connectivity index (χ1v) is 4.65. The molecule has 0 fully saturated rings. The van der Waals surface area contributed by atoms with E-state index >= 15 is 0 Å². The van der Waals surface area contributed by atoms with Gasteiger partial charge in [0.05, 0.1) is 0 Å². The van der Waals surface area contributed by atoms with Crippen LogP contribution in [0.4, 0.5) is 0 Å². The first kappa shape index (κ1) is 8.62. The highest BCUT2D eigenvalue weighted by Gasteiger charge is 1.92. The van der Waals surface area contributed by atoms with Gasteiger partial charge in [0.15, 0.2) is 0 Å². The molecular formula is C9H11OS. The summed E-state index contributed by atoms with van der Waals surface area (Å²) in [6, 6.07) is 7.79. The third-order valence-corrected chi connectivity index (χ3v) is 2.30. The van der Waals surface area contributed by atoms with Crippen LogP contribution in [-0.2, 0) is 11.7 Å². The normalized spacial score (nSPS) is 10.0. The Kier molecular flexibility index (Phi) is 3.46. The minimum atomic E-state index is -0.114. The fourth-order valence-electron chi connectivity index (χ4n) is 0.849. The molecule has 0 saturated heterocycles. The maximum Gasteiger partial charge on any atom is 0.107 e. The Bertz CT molecular complexity index is 205. The third kappa shape index (κ3) is 2.56. The van der Waals surface area contributed by atoms with Gasteiger partial charge < -0.3 is 0 Å². The Labute approximate surface area is 71.4 Å². The lowest BCUT2D eigenvalue weighted by atomic mass is 10.2. The van der Waals surface area contributed by atoms with Crippen molar-refractivity contribution in [2.45, 2.75) is 18.4 Å². The molecule has 0 heterocycles. The molecule has 1 rings (SSSR count). The van der Waals surface area contributed by atoms with Gasteiger partial charge in [-0.25, -0.2) is 5.11 Å². The molecule has 0 aromatic heterocycles. The molecule has 59 valence electrons. The summed E-state index contributed by atoms with van der Waals surface area (Å²) < 4.78 is 0. The number of hydrogen-bond donors (Lipinski definition) is 0. The molecule has 1 aromatic carbocycles. The molecule has 2 heteroatoms. The molecule has 0 bridgehead atoms. The fourth-order valence-corrected chi connectivity index (χ4v) is 1.51. The molecule has 0 aliphatic heterocycles. The summed E-state index contributed by atoms with van der Waals surface area (Å²) >= 11 is 1.79. The molecule has 0 N–H and O–H groups in total. The average molecular weight is 167 g/mol. The van der Waals surface area contributed by atoms with Crippen LogP contribution < -0.4 is 0 Å². The summed E-state index contributed by atoms with van der Waals surface area (Å²) in [4.78, 5) is 1.24. The van der Waals surface area contributed by atoms with Gasteiger partial charge in [0.1, 0.15) is 6.61 Å². The van der Waals surface area contributed by atoms with Crippen molar-refractivity contribution in [1.82, 2.24) is 0 Å². The molecule has 0 unspecified atom stereocenters. The first-order chi connectivity index (χ1) is 5.36. The van der Waals surface area contributed by atoms with Crippen LogP contribution in [0.5, 0.6) is 0 Å². The van der Waals surface area contributed by atoms with E-state index < -0.39 is 0 Å². The molecule has 0 saturated carbocycles. The van der Waals surface area contributed by atoms with Crippen molar-refractivity contribution < 1.29 is 5.11 Å². The summed E-state index contributed by atoms with van der Waals surface area (Å²) in [5, 5.41) is 10.4. The van der Waals surface area contributed by atoms with E-state index in [4.69, 9.17) is 0 Å². The van der Waals surface area contributed by atoms with Gasteiger partial charge in [0.25, 0.3) is 0 Å². The van der Waals surface area contributed by atoms with Crippen LogP contribution >= 0.6 is 11.8 Å². The predicted octanol–water partition coefficient (Wildman–Crippen LogP) is 2.73. The molecular weight excluding hydrogens is 156 g/mol. The van der Waals surface area contributed by atoms with Crippen LogP contribution in [0, 0.1) is 0 Å². The van der Waals surface area contributed by atoms with Gasteiger partial charge in [-0.05, 0) is 23.4 Å². The first-order valence-electron chi connectivity index (χ1n) is 3.66. The summed E-state index contributed by atoms with van der Waals surface area (Å²) in [5.41, 5.74) is 0.866. The SMILES string of the molecule is CCSc1ccc(C[O])cc1. The highest BCUT2D eigenvalue weighted by Crippen LogP contribution is 2.17. The molecule has 0 aliphatic rings. The quantitative estimate of drug-likeness (QED) is 0.634. The van der Waals surface area contributed by atoms with E-state index in [-0.39, 0.29) is 6.61 Å². The second-order valence-corrected chi connectivity index (χ2v) is 3.56. The zero-order chi connectivity index (χ0) is 8.10. The lowest BCUT2D eigenvalue weighted by Crippen LogP contribution is -1.80. The van der Waals surface area contributed by atoms with Gasteiger partial charge in [-0.15, -0.1) is 11.8 Å². The van der Waals surface area contributed by atoms with Gasteiger partial charge in [0.2, 0.25) is 0 Å². The van der Waals surface area contributed by atoms with Crippen molar-refractivity contribution in [3.63, 3.8) is 0 Å². The highest BCUT2D eigenvalue weighted by molar-refractivity contribution is 7.99. The molecule has 0 amide bonds. The number of benzene rings is 1. The minimum Gasteiger partial charge on any atom is -0.232 e. The number of hydrogen-bond acceptors (Lipinski definition) is 1. The van der Waals surface area contributed by atoms with E-state index in [1.807, 2.05) is 24.3 Å². The van der Waals surface area contributed by atoms with Gasteiger partial charge in [-0.1, -0.05) is 19.1 Å². The van der Waals surface area contributed by atoms with E-state index in [0.717, 1.165) is 11.3 Å². The topological polar surface area (TPSA) is 19.9 Å². The Morgan fingerprint density at radius 2 is 1.91 bits per heavy atom. The van der Waals surface area contributed by atoms with E-state index in [9.17, 15) is 5.11 Å². The molecule has 1 radical (unpaired) electrons. The van der Waals surface area contributed by atoms with E-state index in [1.54, 1.807) is 11.8 Å². The second kappa shape index (κ2) is 4.42. The Balaban J connectivity index is 2.66.